The Hall–Kier alpha value is -2.22. The molecule has 0 aromatic rings. The average molecular weight is 592 g/mol. The molecule has 0 aliphatic rings. The third-order valence-corrected chi connectivity index (χ3v) is 7.17. The Morgan fingerprint density at radius 1 is 0.683 bits per heavy atom. The highest BCUT2D eigenvalue weighted by molar-refractivity contribution is 7.85. The van der Waals surface area contributed by atoms with Crippen LogP contribution >= 0.6 is 0 Å². The van der Waals surface area contributed by atoms with Crippen molar-refractivity contribution < 1.29 is 22.9 Å². The number of carbonyl (C=O) groups excluding carboxylic acids is 1. The Bertz CT molecular complexity index is 915. The highest BCUT2D eigenvalue weighted by atomic mass is 32.2. The molecule has 234 valence electrons. The summed E-state index contributed by atoms with van der Waals surface area (Å²) in [7, 11) is -4.34. The van der Waals surface area contributed by atoms with Gasteiger partial charge in [0.2, 0.25) is 5.91 Å². The Morgan fingerprint density at radius 3 is 1.71 bits per heavy atom. The molecule has 0 radical (unpaired) electrons. The monoisotopic (exact) mass is 591 g/mol. The number of carbonyl (C=O) groups is 1. The number of allylic oxidation sites excluding steroid dienone is 11. The fourth-order valence-corrected chi connectivity index (χ4v) is 4.79. The summed E-state index contributed by atoms with van der Waals surface area (Å²) in [5.74, 6) is -1.04. The third kappa shape index (κ3) is 29.1. The van der Waals surface area contributed by atoms with Crippen molar-refractivity contribution >= 4 is 16.0 Å². The second kappa shape index (κ2) is 27.9. The van der Waals surface area contributed by atoms with E-state index in [1.54, 1.807) is 0 Å². The molecule has 0 heterocycles. The second-order valence-corrected chi connectivity index (χ2v) is 11.8. The lowest BCUT2D eigenvalue weighted by Crippen LogP contribution is -2.46. The molecular formula is C34H57NO5S. The van der Waals surface area contributed by atoms with E-state index in [1.807, 2.05) is 6.08 Å². The van der Waals surface area contributed by atoms with Crippen LogP contribution in [-0.4, -0.2) is 41.9 Å². The summed E-state index contributed by atoms with van der Waals surface area (Å²) in [6, 6.07) is -1.07. The maximum Gasteiger partial charge on any atom is 0.267 e. The molecule has 0 spiro atoms. The highest BCUT2D eigenvalue weighted by Crippen LogP contribution is 2.09. The molecule has 0 fully saturated rings. The van der Waals surface area contributed by atoms with Crippen LogP contribution in [0.2, 0.25) is 0 Å². The Morgan fingerprint density at radius 2 is 1.17 bits per heavy atom. The van der Waals surface area contributed by atoms with E-state index in [9.17, 15) is 22.9 Å². The van der Waals surface area contributed by atoms with Gasteiger partial charge in [-0.15, -0.1) is 0 Å². The molecule has 0 saturated carbocycles. The van der Waals surface area contributed by atoms with Crippen LogP contribution in [-0.2, 0) is 14.9 Å². The van der Waals surface area contributed by atoms with Crippen LogP contribution in [0.1, 0.15) is 117 Å². The van der Waals surface area contributed by atoms with Crippen LogP contribution in [0.5, 0.6) is 0 Å². The lowest BCUT2D eigenvalue weighted by atomic mass is 10.1. The Balaban J connectivity index is 4.09. The summed E-state index contributed by atoms with van der Waals surface area (Å²) < 4.78 is 32.1. The topological polar surface area (TPSA) is 104 Å². The third-order valence-electron chi connectivity index (χ3n) is 6.39. The number of aliphatic hydroxyl groups excluding tert-OH is 1. The van der Waals surface area contributed by atoms with E-state index in [0.717, 1.165) is 70.6 Å². The fraction of sp³-hybridized carbons (Fsp3) is 0.618. The smallest absolute Gasteiger partial charge is 0.267 e. The van der Waals surface area contributed by atoms with Crippen LogP contribution in [0, 0.1) is 0 Å². The number of amides is 1. The summed E-state index contributed by atoms with van der Waals surface area (Å²) >= 11 is 0. The van der Waals surface area contributed by atoms with Crippen molar-refractivity contribution in [2.75, 3.05) is 5.75 Å². The SMILES string of the molecule is CC/C=C\C/C=C\C/C=C\C/C=C\C/C=C\CCCCCC(=O)NC(CS(=O)(=O)O)C(O)/C=C/CCCCCCC. The van der Waals surface area contributed by atoms with Gasteiger partial charge in [0, 0.05) is 6.42 Å². The number of rotatable bonds is 26. The van der Waals surface area contributed by atoms with E-state index in [4.69, 9.17) is 0 Å². The molecule has 0 aromatic carbocycles. The first kappa shape index (κ1) is 38.8. The van der Waals surface area contributed by atoms with Gasteiger partial charge in [-0.25, -0.2) is 0 Å². The Labute approximate surface area is 251 Å². The van der Waals surface area contributed by atoms with Crippen molar-refractivity contribution in [3.63, 3.8) is 0 Å². The van der Waals surface area contributed by atoms with Crippen LogP contribution < -0.4 is 5.32 Å². The predicted molar refractivity (Wildman–Crippen MR) is 174 cm³/mol. The number of unbranched alkanes of at least 4 members (excludes halogenated alkanes) is 8. The molecule has 3 N–H and O–H groups in total. The van der Waals surface area contributed by atoms with E-state index in [2.05, 4.69) is 79.9 Å². The van der Waals surface area contributed by atoms with Crippen molar-refractivity contribution in [1.82, 2.24) is 5.32 Å². The minimum atomic E-state index is -4.34. The largest absolute Gasteiger partial charge is 0.387 e. The van der Waals surface area contributed by atoms with Gasteiger partial charge in [0.15, 0.2) is 0 Å². The number of aliphatic hydroxyl groups is 1. The zero-order valence-electron chi connectivity index (χ0n) is 25.6. The molecule has 0 aliphatic heterocycles. The molecule has 0 bridgehead atoms. The summed E-state index contributed by atoms with van der Waals surface area (Å²) in [5, 5.41) is 13.0. The first-order chi connectivity index (χ1) is 19.8. The molecule has 2 atom stereocenters. The van der Waals surface area contributed by atoms with Gasteiger partial charge in [-0.05, 0) is 64.2 Å². The van der Waals surface area contributed by atoms with Crippen LogP contribution in [0.15, 0.2) is 72.9 Å². The predicted octanol–water partition coefficient (Wildman–Crippen LogP) is 8.34. The molecule has 2 unspecified atom stereocenters. The number of hydrogen-bond acceptors (Lipinski definition) is 4. The molecule has 0 aromatic heterocycles. The molecular weight excluding hydrogens is 534 g/mol. The van der Waals surface area contributed by atoms with E-state index >= 15 is 0 Å². The normalized spacial score (nSPS) is 14.5. The van der Waals surface area contributed by atoms with Gasteiger partial charge in [-0.2, -0.15) is 8.42 Å². The minimum absolute atomic E-state index is 0.251. The molecule has 0 saturated heterocycles. The summed E-state index contributed by atoms with van der Waals surface area (Å²) in [6.07, 6.45) is 39.0. The molecule has 6 nitrogen and oxygen atoms in total. The van der Waals surface area contributed by atoms with E-state index in [1.165, 1.54) is 25.3 Å². The second-order valence-electron chi connectivity index (χ2n) is 10.4. The van der Waals surface area contributed by atoms with Gasteiger partial charge >= 0.3 is 0 Å². The van der Waals surface area contributed by atoms with Crippen molar-refractivity contribution in [3.8, 4) is 0 Å². The summed E-state index contributed by atoms with van der Waals surface area (Å²) in [4.78, 5) is 12.3. The van der Waals surface area contributed by atoms with Crippen LogP contribution in [0.3, 0.4) is 0 Å². The lowest BCUT2D eigenvalue weighted by molar-refractivity contribution is -0.122. The summed E-state index contributed by atoms with van der Waals surface area (Å²) in [6.45, 7) is 4.30. The lowest BCUT2D eigenvalue weighted by Gasteiger charge is -2.21. The van der Waals surface area contributed by atoms with Gasteiger partial charge in [0.25, 0.3) is 10.1 Å². The molecule has 1 amide bonds. The van der Waals surface area contributed by atoms with E-state index in [-0.39, 0.29) is 12.3 Å². The van der Waals surface area contributed by atoms with Crippen LogP contribution in [0.4, 0.5) is 0 Å². The van der Waals surface area contributed by atoms with Gasteiger partial charge in [0.1, 0.15) is 0 Å². The molecule has 0 rings (SSSR count). The molecule has 41 heavy (non-hydrogen) atoms. The van der Waals surface area contributed by atoms with Crippen LogP contribution in [0.25, 0.3) is 0 Å². The van der Waals surface area contributed by atoms with Crippen molar-refractivity contribution in [2.45, 2.75) is 129 Å². The maximum absolute atomic E-state index is 12.3. The maximum atomic E-state index is 12.3. The van der Waals surface area contributed by atoms with E-state index in [0.29, 0.717) is 6.42 Å². The zero-order chi connectivity index (χ0) is 30.4. The van der Waals surface area contributed by atoms with Crippen molar-refractivity contribution in [3.05, 3.63) is 72.9 Å². The fourth-order valence-electron chi connectivity index (χ4n) is 4.06. The van der Waals surface area contributed by atoms with E-state index < -0.39 is 28.0 Å². The van der Waals surface area contributed by atoms with Crippen molar-refractivity contribution in [1.29, 1.82) is 0 Å². The first-order valence-electron chi connectivity index (χ1n) is 15.6. The van der Waals surface area contributed by atoms with Gasteiger partial charge in [0.05, 0.1) is 17.9 Å². The standard InChI is InChI=1S/C34H57NO5S/c1-3-5-7-9-11-12-13-14-15-16-17-18-19-20-21-22-24-26-28-30-34(37)35-32(31-41(38,39)40)33(36)29-27-25-23-10-8-6-4-2/h5,7,11-12,14-15,17-18,20-21,27,29,32-33,36H,3-4,6,8-10,13,16,19,22-26,28,30-31H2,1-2H3,(H,35,37)(H,38,39,40)/b7-5-,12-11-,15-14-,18-17-,21-20-,29-27+. The average Bonchev–Trinajstić information content (AvgIpc) is 2.92. The number of hydrogen-bond donors (Lipinski definition) is 3. The number of nitrogens with one attached hydrogen (secondary N) is 1. The highest BCUT2D eigenvalue weighted by Gasteiger charge is 2.24. The summed E-state index contributed by atoms with van der Waals surface area (Å²) in [5.41, 5.74) is 0. The first-order valence-corrected chi connectivity index (χ1v) is 17.2. The zero-order valence-corrected chi connectivity index (χ0v) is 26.4. The Kier molecular flexibility index (Phi) is 26.4. The minimum Gasteiger partial charge on any atom is -0.387 e. The van der Waals surface area contributed by atoms with Gasteiger partial charge in [-0.1, -0.05) is 119 Å². The van der Waals surface area contributed by atoms with Gasteiger partial charge in [-0.3, -0.25) is 9.35 Å². The van der Waals surface area contributed by atoms with Gasteiger partial charge < -0.3 is 10.4 Å². The molecule has 7 heteroatoms. The quantitative estimate of drug-likeness (QED) is 0.0533. The van der Waals surface area contributed by atoms with Crippen molar-refractivity contribution in [2.24, 2.45) is 0 Å². The molecule has 0 aliphatic carbocycles.